The van der Waals surface area contributed by atoms with Crippen LogP contribution in [0.25, 0.3) is 0 Å². The molecule has 0 aliphatic heterocycles. The third kappa shape index (κ3) is 3.04. The first-order valence-electron chi connectivity index (χ1n) is 5.72. The Morgan fingerprint density at radius 1 is 1.26 bits per heavy atom. The molecule has 98 valence electrons. The van der Waals surface area contributed by atoms with Crippen LogP contribution in [0, 0.1) is 12.7 Å². The van der Waals surface area contributed by atoms with Crippen LogP contribution in [0.5, 0.6) is 0 Å². The molecule has 0 aromatic heterocycles. The molecule has 2 rings (SSSR count). The summed E-state index contributed by atoms with van der Waals surface area (Å²) >= 11 is 9.08. The molecular weight excluding hydrogens is 331 g/mol. The van der Waals surface area contributed by atoms with Gasteiger partial charge in [0.15, 0.2) is 5.78 Å². The zero-order chi connectivity index (χ0) is 14.0. The van der Waals surface area contributed by atoms with Crippen LogP contribution in [0.1, 0.15) is 21.5 Å². The van der Waals surface area contributed by atoms with Crippen LogP contribution < -0.4 is 0 Å². The summed E-state index contributed by atoms with van der Waals surface area (Å²) in [6.45, 7) is 1.85. The van der Waals surface area contributed by atoms with E-state index in [4.69, 9.17) is 11.6 Å². The van der Waals surface area contributed by atoms with Gasteiger partial charge in [0.2, 0.25) is 0 Å². The van der Waals surface area contributed by atoms with Crippen LogP contribution in [-0.2, 0) is 6.42 Å². The van der Waals surface area contributed by atoms with Gasteiger partial charge in [0.25, 0.3) is 0 Å². The average molecular weight is 342 g/mol. The Morgan fingerprint density at radius 3 is 2.68 bits per heavy atom. The van der Waals surface area contributed by atoms with E-state index < -0.39 is 5.82 Å². The van der Waals surface area contributed by atoms with E-state index in [1.165, 1.54) is 6.07 Å². The Hall–Kier alpha value is -1.19. The second-order valence-electron chi connectivity index (χ2n) is 4.23. The van der Waals surface area contributed by atoms with Crippen molar-refractivity contribution in [3.8, 4) is 0 Å². The van der Waals surface area contributed by atoms with E-state index in [9.17, 15) is 9.18 Å². The number of Topliss-reactive ketones (excluding diaryl/α,β-unsaturated/α-hetero) is 1. The molecule has 0 spiro atoms. The predicted molar refractivity (Wildman–Crippen MR) is 78.3 cm³/mol. The summed E-state index contributed by atoms with van der Waals surface area (Å²) in [5, 5.41) is 0.0382. The Kier molecular flexibility index (Phi) is 4.38. The van der Waals surface area contributed by atoms with E-state index in [0.717, 1.165) is 10.0 Å². The molecule has 4 heteroatoms. The predicted octanol–water partition coefficient (Wildman–Crippen LogP) is 4.98. The molecule has 0 amide bonds. The molecule has 0 radical (unpaired) electrons. The maximum Gasteiger partial charge on any atom is 0.167 e. The van der Waals surface area contributed by atoms with Gasteiger partial charge in [0, 0.05) is 16.5 Å². The summed E-state index contributed by atoms with van der Waals surface area (Å²) in [7, 11) is 0. The molecule has 0 fully saturated rings. The van der Waals surface area contributed by atoms with Crippen molar-refractivity contribution >= 4 is 33.3 Å². The first kappa shape index (κ1) is 14.2. The second kappa shape index (κ2) is 5.85. The highest BCUT2D eigenvalue weighted by molar-refractivity contribution is 9.10. The van der Waals surface area contributed by atoms with Crippen molar-refractivity contribution in [1.29, 1.82) is 0 Å². The van der Waals surface area contributed by atoms with E-state index in [1.54, 1.807) is 24.3 Å². The van der Waals surface area contributed by atoms with Crippen molar-refractivity contribution in [3.63, 3.8) is 0 Å². The molecule has 2 aromatic carbocycles. The summed E-state index contributed by atoms with van der Waals surface area (Å²) in [6.07, 6.45) is 0.00366. The Balaban J connectivity index is 2.31. The van der Waals surface area contributed by atoms with Gasteiger partial charge in [-0.1, -0.05) is 51.8 Å². The van der Waals surface area contributed by atoms with Gasteiger partial charge in [-0.05, 0) is 30.2 Å². The Morgan fingerprint density at radius 2 is 1.95 bits per heavy atom. The minimum atomic E-state index is -0.523. The molecule has 0 bridgehead atoms. The van der Waals surface area contributed by atoms with Crippen LogP contribution >= 0.6 is 27.5 Å². The van der Waals surface area contributed by atoms with Crippen LogP contribution in [-0.4, -0.2) is 5.78 Å². The van der Waals surface area contributed by atoms with Crippen molar-refractivity contribution in [2.24, 2.45) is 0 Å². The second-order valence-corrected chi connectivity index (χ2v) is 5.49. The molecule has 0 aliphatic rings. The summed E-state index contributed by atoms with van der Waals surface area (Å²) in [4.78, 5) is 12.2. The molecule has 0 N–H and O–H groups in total. The maximum absolute atomic E-state index is 13.8. The lowest BCUT2D eigenvalue weighted by molar-refractivity contribution is 0.0991. The van der Waals surface area contributed by atoms with Gasteiger partial charge in [0.05, 0.1) is 5.02 Å². The van der Waals surface area contributed by atoms with Crippen molar-refractivity contribution in [2.45, 2.75) is 13.3 Å². The minimum Gasteiger partial charge on any atom is -0.294 e. The third-order valence-corrected chi connectivity index (χ3v) is 4.10. The molecule has 2 aromatic rings. The van der Waals surface area contributed by atoms with E-state index in [-0.39, 0.29) is 17.2 Å². The highest BCUT2D eigenvalue weighted by atomic mass is 79.9. The quantitative estimate of drug-likeness (QED) is 0.720. The highest BCUT2D eigenvalue weighted by Crippen LogP contribution is 2.23. The first-order chi connectivity index (χ1) is 9.00. The van der Waals surface area contributed by atoms with Gasteiger partial charge < -0.3 is 0 Å². The first-order valence-corrected chi connectivity index (χ1v) is 6.89. The average Bonchev–Trinajstić information content (AvgIpc) is 2.38. The molecule has 0 heterocycles. The number of hydrogen-bond acceptors (Lipinski definition) is 1. The van der Waals surface area contributed by atoms with Gasteiger partial charge in [-0.3, -0.25) is 4.79 Å². The van der Waals surface area contributed by atoms with Gasteiger partial charge in [-0.15, -0.1) is 0 Å². The highest BCUT2D eigenvalue weighted by Gasteiger charge is 2.14. The monoisotopic (exact) mass is 340 g/mol. The smallest absolute Gasteiger partial charge is 0.167 e. The Bertz CT molecular complexity index is 640. The fraction of sp³-hybridized carbons (Fsp3) is 0.133. The minimum absolute atomic E-state index is 0.00366. The number of ketones is 1. The molecule has 0 aliphatic carbocycles. The number of carbonyl (C=O) groups is 1. The molecule has 0 saturated carbocycles. The number of carbonyl (C=O) groups excluding carboxylic acids is 1. The van der Waals surface area contributed by atoms with Gasteiger partial charge >= 0.3 is 0 Å². The van der Waals surface area contributed by atoms with Crippen molar-refractivity contribution in [3.05, 3.63) is 68.4 Å². The lowest BCUT2D eigenvalue weighted by atomic mass is 9.99. The molecule has 0 saturated heterocycles. The topological polar surface area (TPSA) is 17.1 Å². The summed E-state index contributed by atoms with van der Waals surface area (Å²) < 4.78 is 14.6. The molecular formula is C15H11BrClFO. The number of hydrogen-bond donors (Lipinski definition) is 0. The van der Waals surface area contributed by atoms with E-state index in [0.29, 0.717) is 11.1 Å². The fourth-order valence-corrected chi connectivity index (χ4v) is 2.42. The van der Waals surface area contributed by atoms with Crippen molar-refractivity contribution < 1.29 is 9.18 Å². The summed E-state index contributed by atoms with van der Waals surface area (Å²) in [5.41, 5.74) is 1.76. The van der Waals surface area contributed by atoms with Crippen LogP contribution in [0.3, 0.4) is 0 Å². The van der Waals surface area contributed by atoms with Crippen molar-refractivity contribution in [1.82, 2.24) is 0 Å². The van der Waals surface area contributed by atoms with Crippen LogP contribution in [0.2, 0.25) is 5.02 Å². The number of rotatable bonds is 3. The van der Waals surface area contributed by atoms with E-state index in [2.05, 4.69) is 15.9 Å². The standard InChI is InChI=1S/C15H11BrClFO/c1-9-11(5-3-6-12(9)16)14(19)8-10-4-2-7-13(17)15(10)18/h2-7H,8H2,1H3. The van der Waals surface area contributed by atoms with E-state index in [1.807, 2.05) is 13.0 Å². The molecule has 0 unspecified atom stereocenters. The summed E-state index contributed by atoms with van der Waals surface area (Å²) in [5.74, 6) is -0.648. The fourth-order valence-electron chi connectivity index (χ4n) is 1.86. The van der Waals surface area contributed by atoms with Gasteiger partial charge in [0.1, 0.15) is 5.82 Å². The van der Waals surface area contributed by atoms with Crippen LogP contribution in [0.4, 0.5) is 4.39 Å². The molecule has 0 atom stereocenters. The number of benzene rings is 2. The lowest BCUT2D eigenvalue weighted by Crippen LogP contribution is -2.07. The maximum atomic E-state index is 13.8. The molecule has 19 heavy (non-hydrogen) atoms. The lowest BCUT2D eigenvalue weighted by Gasteiger charge is -2.08. The zero-order valence-electron chi connectivity index (χ0n) is 10.2. The number of halogens is 3. The van der Waals surface area contributed by atoms with Crippen LogP contribution in [0.15, 0.2) is 40.9 Å². The third-order valence-electron chi connectivity index (χ3n) is 2.95. The largest absolute Gasteiger partial charge is 0.294 e. The van der Waals surface area contributed by atoms with E-state index >= 15 is 0 Å². The SMILES string of the molecule is Cc1c(Br)cccc1C(=O)Cc1cccc(Cl)c1F. The van der Waals surface area contributed by atoms with Crippen molar-refractivity contribution in [2.75, 3.05) is 0 Å². The molecule has 1 nitrogen and oxygen atoms in total. The Labute approximate surface area is 124 Å². The van der Waals surface area contributed by atoms with Gasteiger partial charge in [-0.2, -0.15) is 0 Å². The summed E-state index contributed by atoms with van der Waals surface area (Å²) in [6, 6.07) is 10.1. The normalized spacial score (nSPS) is 10.5. The zero-order valence-corrected chi connectivity index (χ0v) is 12.6. The van der Waals surface area contributed by atoms with Gasteiger partial charge in [-0.25, -0.2) is 4.39 Å².